The number of thiazole rings is 1. The number of carbonyl (C=O) groups excluding carboxylic acids is 1. The molecule has 0 unspecified atom stereocenters. The zero-order chi connectivity index (χ0) is 14.9. The molecule has 1 N–H and O–H groups in total. The lowest BCUT2D eigenvalue weighted by atomic mass is 10.1. The molecule has 0 aliphatic heterocycles. The SMILES string of the molecule is O=C(Nc1ccc(-c2nccs2)cc1)c1conc1C1CC1. The van der Waals surface area contributed by atoms with Crippen molar-refractivity contribution in [2.75, 3.05) is 5.32 Å². The monoisotopic (exact) mass is 311 g/mol. The van der Waals surface area contributed by atoms with Gasteiger partial charge >= 0.3 is 0 Å². The zero-order valence-corrected chi connectivity index (χ0v) is 12.5. The first-order valence-corrected chi connectivity index (χ1v) is 7.95. The molecule has 1 saturated carbocycles. The molecule has 1 fully saturated rings. The molecule has 0 spiro atoms. The quantitative estimate of drug-likeness (QED) is 0.792. The topological polar surface area (TPSA) is 68.0 Å². The molecule has 1 aliphatic carbocycles. The molecule has 2 heterocycles. The van der Waals surface area contributed by atoms with Gasteiger partial charge in [0.1, 0.15) is 16.8 Å². The van der Waals surface area contributed by atoms with Crippen molar-refractivity contribution in [3.05, 3.63) is 53.4 Å². The second-order valence-electron chi connectivity index (χ2n) is 5.26. The van der Waals surface area contributed by atoms with E-state index in [1.807, 2.05) is 29.6 Å². The van der Waals surface area contributed by atoms with Gasteiger partial charge in [-0.1, -0.05) is 5.16 Å². The number of benzene rings is 1. The van der Waals surface area contributed by atoms with E-state index in [4.69, 9.17) is 4.52 Å². The molecule has 1 amide bonds. The van der Waals surface area contributed by atoms with Crippen molar-refractivity contribution >= 4 is 22.9 Å². The summed E-state index contributed by atoms with van der Waals surface area (Å²) >= 11 is 1.59. The van der Waals surface area contributed by atoms with Crippen LogP contribution in [0.25, 0.3) is 10.6 Å². The van der Waals surface area contributed by atoms with Crippen LogP contribution < -0.4 is 5.32 Å². The number of anilines is 1. The third-order valence-corrected chi connectivity index (χ3v) is 4.45. The minimum absolute atomic E-state index is 0.176. The minimum atomic E-state index is -0.176. The fraction of sp³-hybridized carbons (Fsp3) is 0.188. The van der Waals surface area contributed by atoms with Gasteiger partial charge in [0.15, 0.2) is 0 Å². The molecule has 5 nitrogen and oxygen atoms in total. The van der Waals surface area contributed by atoms with Crippen LogP contribution in [0.2, 0.25) is 0 Å². The Morgan fingerprint density at radius 1 is 1.27 bits per heavy atom. The first-order valence-electron chi connectivity index (χ1n) is 7.07. The van der Waals surface area contributed by atoms with Crippen molar-refractivity contribution in [1.29, 1.82) is 0 Å². The van der Waals surface area contributed by atoms with Gasteiger partial charge in [-0.25, -0.2) is 4.98 Å². The molecule has 110 valence electrons. The Kier molecular flexibility index (Phi) is 3.23. The number of nitrogens with one attached hydrogen (secondary N) is 1. The van der Waals surface area contributed by atoms with E-state index < -0.39 is 0 Å². The van der Waals surface area contributed by atoms with E-state index in [1.165, 1.54) is 6.26 Å². The van der Waals surface area contributed by atoms with Crippen LogP contribution in [-0.4, -0.2) is 16.0 Å². The second-order valence-corrected chi connectivity index (χ2v) is 6.15. The van der Waals surface area contributed by atoms with E-state index in [1.54, 1.807) is 17.5 Å². The van der Waals surface area contributed by atoms with Gasteiger partial charge in [-0.2, -0.15) is 0 Å². The summed E-state index contributed by atoms with van der Waals surface area (Å²) in [5.74, 6) is 0.205. The lowest BCUT2D eigenvalue weighted by molar-refractivity contribution is 0.102. The fourth-order valence-electron chi connectivity index (χ4n) is 2.33. The van der Waals surface area contributed by atoms with Crippen LogP contribution in [-0.2, 0) is 0 Å². The first kappa shape index (κ1) is 13.2. The maximum atomic E-state index is 12.3. The largest absolute Gasteiger partial charge is 0.364 e. The minimum Gasteiger partial charge on any atom is -0.364 e. The molecule has 0 radical (unpaired) electrons. The summed E-state index contributed by atoms with van der Waals surface area (Å²) in [7, 11) is 0. The van der Waals surface area contributed by atoms with Crippen molar-refractivity contribution < 1.29 is 9.32 Å². The summed E-state index contributed by atoms with van der Waals surface area (Å²) in [6, 6.07) is 7.64. The predicted molar refractivity (Wildman–Crippen MR) is 84.0 cm³/mol. The lowest BCUT2D eigenvalue weighted by Crippen LogP contribution is -2.12. The van der Waals surface area contributed by atoms with Gasteiger partial charge < -0.3 is 9.84 Å². The Bertz CT molecular complexity index is 789. The molecule has 3 aromatic rings. The van der Waals surface area contributed by atoms with Gasteiger partial charge in [-0.05, 0) is 37.1 Å². The summed E-state index contributed by atoms with van der Waals surface area (Å²) in [5.41, 5.74) is 3.09. The molecule has 1 aliphatic rings. The highest BCUT2D eigenvalue weighted by Gasteiger charge is 2.31. The molecular weight excluding hydrogens is 298 g/mol. The summed E-state index contributed by atoms with van der Waals surface area (Å²) in [4.78, 5) is 16.6. The first-order chi connectivity index (χ1) is 10.8. The molecule has 4 rings (SSSR count). The number of amides is 1. The summed E-state index contributed by atoms with van der Waals surface area (Å²) in [6.07, 6.45) is 5.36. The number of hydrogen-bond donors (Lipinski definition) is 1. The van der Waals surface area contributed by atoms with Crippen LogP contribution in [0, 0.1) is 0 Å². The molecule has 2 aromatic heterocycles. The van der Waals surface area contributed by atoms with Crippen molar-refractivity contribution in [3.63, 3.8) is 0 Å². The van der Waals surface area contributed by atoms with Crippen molar-refractivity contribution in [2.45, 2.75) is 18.8 Å². The highest BCUT2D eigenvalue weighted by atomic mass is 32.1. The van der Waals surface area contributed by atoms with E-state index >= 15 is 0 Å². The van der Waals surface area contributed by atoms with Crippen LogP contribution in [0.4, 0.5) is 5.69 Å². The van der Waals surface area contributed by atoms with Crippen LogP contribution in [0.5, 0.6) is 0 Å². The second kappa shape index (κ2) is 5.38. The highest BCUT2D eigenvalue weighted by Crippen LogP contribution is 2.40. The molecular formula is C16H13N3O2S. The smallest absolute Gasteiger partial charge is 0.260 e. The third-order valence-electron chi connectivity index (χ3n) is 3.63. The van der Waals surface area contributed by atoms with Gasteiger partial charge in [-0.3, -0.25) is 4.79 Å². The van der Waals surface area contributed by atoms with E-state index in [0.717, 1.165) is 34.8 Å². The molecule has 0 atom stereocenters. The van der Waals surface area contributed by atoms with Gasteiger partial charge in [0.2, 0.25) is 0 Å². The van der Waals surface area contributed by atoms with Crippen LogP contribution >= 0.6 is 11.3 Å². The van der Waals surface area contributed by atoms with Crippen molar-refractivity contribution in [1.82, 2.24) is 10.1 Å². The molecule has 0 saturated heterocycles. The van der Waals surface area contributed by atoms with Crippen LogP contribution in [0.15, 0.2) is 46.6 Å². The summed E-state index contributed by atoms with van der Waals surface area (Å²) in [6.45, 7) is 0. The Morgan fingerprint density at radius 2 is 2.09 bits per heavy atom. The number of carbonyl (C=O) groups is 1. The van der Waals surface area contributed by atoms with E-state index in [0.29, 0.717) is 11.5 Å². The normalized spacial score (nSPS) is 14.0. The standard InChI is InChI=1S/C16H13N3O2S/c20-15(13-9-21-19-14(13)10-1-2-10)18-12-5-3-11(4-6-12)16-17-7-8-22-16/h3-10H,1-2H2,(H,18,20). The fourth-order valence-corrected chi connectivity index (χ4v) is 2.97. The third kappa shape index (κ3) is 2.53. The maximum Gasteiger partial charge on any atom is 0.260 e. The van der Waals surface area contributed by atoms with E-state index in [-0.39, 0.29) is 5.91 Å². The summed E-state index contributed by atoms with van der Waals surface area (Å²) in [5, 5.41) is 9.74. The van der Waals surface area contributed by atoms with Crippen molar-refractivity contribution in [2.24, 2.45) is 0 Å². The van der Waals surface area contributed by atoms with Gasteiger partial charge in [0.25, 0.3) is 5.91 Å². The van der Waals surface area contributed by atoms with Gasteiger partial charge in [0.05, 0.1) is 5.69 Å². The average molecular weight is 311 g/mol. The Balaban J connectivity index is 1.51. The maximum absolute atomic E-state index is 12.3. The summed E-state index contributed by atoms with van der Waals surface area (Å²) < 4.78 is 4.96. The molecule has 22 heavy (non-hydrogen) atoms. The predicted octanol–water partition coefficient (Wildman–Crippen LogP) is 3.93. The zero-order valence-electron chi connectivity index (χ0n) is 11.7. The van der Waals surface area contributed by atoms with Gasteiger partial charge in [-0.15, -0.1) is 11.3 Å². The molecule has 0 bridgehead atoms. The average Bonchev–Trinajstić information content (AvgIpc) is 3.05. The number of rotatable bonds is 4. The van der Waals surface area contributed by atoms with Crippen LogP contribution in [0.1, 0.15) is 34.8 Å². The number of nitrogens with zero attached hydrogens (tertiary/aromatic N) is 2. The van der Waals surface area contributed by atoms with Crippen molar-refractivity contribution in [3.8, 4) is 10.6 Å². The Labute approximate surface area is 131 Å². The van der Waals surface area contributed by atoms with Gasteiger partial charge in [0, 0.05) is 28.7 Å². The van der Waals surface area contributed by atoms with E-state index in [2.05, 4.69) is 15.5 Å². The van der Waals surface area contributed by atoms with Crippen LogP contribution in [0.3, 0.4) is 0 Å². The Morgan fingerprint density at radius 3 is 2.77 bits per heavy atom. The number of hydrogen-bond acceptors (Lipinski definition) is 5. The van der Waals surface area contributed by atoms with E-state index in [9.17, 15) is 4.79 Å². The lowest BCUT2D eigenvalue weighted by Gasteiger charge is -2.05. The number of aromatic nitrogens is 2. The highest BCUT2D eigenvalue weighted by molar-refractivity contribution is 7.13. The molecule has 1 aromatic carbocycles. The Hall–Kier alpha value is -2.47. The molecule has 6 heteroatoms.